The number of fused-ring (bicyclic) bond motifs is 4. The Morgan fingerprint density at radius 3 is 2.41 bits per heavy atom. The number of piperidine rings is 2. The molecule has 1 aromatic heterocycles. The third kappa shape index (κ3) is 3.67. The van der Waals surface area contributed by atoms with Gasteiger partial charge in [0, 0.05) is 63.4 Å². The lowest BCUT2D eigenvalue weighted by Gasteiger charge is -2.48. The summed E-state index contributed by atoms with van der Waals surface area (Å²) in [6.07, 6.45) is 10.0. The summed E-state index contributed by atoms with van der Waals surface area (Å²) in [5, 5.41) is 0. The molecular weight excluding hydrogens is 362 g/mol. The fraction of sp³-hybridized carbons (Fsp3) is 0.750. The van der Waals surface area contributed by atoms with E-state index in [1.165, 1.54) is 49.8 Å². The predicted molar refractivity (Wildman–Crippen MR) is 114 cm³/mol. The van der Waals surface area contributed by atoms with E-state index in [9.17, 15) is 9.59 Å². The highest BCUT2D eigenvalue weighted by Gasteiger charge is 2.39. The summed E-state index contributed by atoms with van der Waals surface area (Å²) < 4.78 is 2.15. The van der Waals surface area contributed by atoms with Gasteiger partial charge in [-0.2, -0.15) is 0 Å². The molecule has 2 unspecified atom stereocenters. The molecule has 1 saturated carbocycles. The molecule has 4 heterocycles. The van der Waals surface area contributed by atoms with Crippen LogP contribution >= 0.6 is 0 Å². The second kappa shape index (κ2) is 7.90. The summed E-state index contributed by atoms with van der Waals surface area (Å²) in [4.78, 5) is 29.1. The van der Waals surface area contributed by atoms with Crippen LogP contribution in [-0.2, 0) is 11.3 Å². The fourth-order valence-electron chi connectivity index (χ4n) is 6.69. The van der Waals surface area contributed by atoms with Gasteiger partial charge in [0.2, 0.25) is 5.91 Å². The molecule has 3 aliphatic heterocycles. The Morgan fingerprint density at radius 2 is 1.69 bits per heavy atom. The van der Waals surface area contributed by atoms with Gasteiger partial charge >= 0.3 is 0 Å². The maximum atomic E-state index is 12.7. The van der Waals surface area contributed by atoms with Crippen LogP contribution in [0.15, 0.2) is 16.9 Å². The van der Waals surface area contributed by atoms with Crippen molar-refractivity contribution < 1.29 is 4.79 Å². The number of nitrogens with zero attached hydrogens (tertiary/aromatic N) is 3. The molecule has 29 heavy (non-hydrogen) atoms. The fourth-order valence-corrected chi connectivity index (χ4v) is 6.69. The highest BCUT2D eigenvalue weighted by Crippen LogP contribution is 2.42. The van der Waals surface area contributed by atoms with Crippen molar-refractivity contribution in [3.8, 4) is 0 Å². The Balaban J connectivity index is 1.39. The number of hydrogen-bond donors (Lipinski definition) is 0. The first-order valence-corrected chi connectivity index (χ1v) is 11.8. The standard InChI is InChI=1S/C24H35N3O2/c1-17(28)25-11-9-21(10-12-25)26-14-18-13-20(16-26)24-22(19-5-3-2-4-6-19)7-8-23(29)27(24)15-18/h7-8,18-21H,2-6,9-16H2,1H3. The minimum absolute atomic E-state index is 0.206. The molecule has 4 aliphatic rings. The third-order valence-corrected chi connectivity index (χ3v) is 8.12. The van der Waals surface area contributed by atoms with Gasteiger partial charge in [-0.15, -0.1) is 0 Å². The van der Waals surface area contributed by atoms with Gasteiger partial charge in [-0.1, -0.05) is 25.3 Å². The van der Waals surface area contributed by atoms with Crippen LogP contribution in [0.4, 0.5) is 0 Å². The van der Waals surface area contributed by atoms with Gasteiger partial charge in [-0.3, -0.25) is 14.5 Å². The summed E-state index contributed by atoms with van der Waals surface area (Å²) in [5.74, 6) is 1.95. The highest BCUT2D eigenvalue weighted by atomic mass is 16.2. The first kappa shape index (κ1) is 19.3. The van der Waals surface area contributed by atoms with Crippen LogP contribution in [0, 0.1) is 5.92 Å². The van der Waals surface area contributed by atoms with Crippen LogP contribution in [0.5, 0.6) is 0 Å². The molecule has 5 rings (SSSR count). The first-order chi connectivity index (χ1) is 14.1. The maximum Gasteiger partial charge on any atom is 0.250 e. The Hall–Kier alpha value is -1.62. The lowest BCUT2D eigenvalue weighted by Crippen LogP contribution is -2.53. The maximum absolute atomic E-state index is 12.7. The van der Waals surface area contributed by atoms with E-state index in [0.29, 0.717) is 23.8 Å². The number of rotatable bonds is 2. The number of aromatic nitrogens is 1. The molecule has 0 N–H and O–H groups in total. The molecule has 1 aromatic rings. The summed E-state index contributed by atoms with van der Waals surface area (Å²) in [7, 11) is 0. The van der Waals surface area contributed by atoms with Crippen molar-refractivity contribution in [1.29, 1.82) is 0 Å². The summed E-state index contributed by atoms with van der Waals surface area (Å²) in [6.45, 7) is 6.58. The van der Waals surface area contributed by atoms with Crippen molar-refractivity contribution in [2.45, 2.75) is 82.7 Å². The van der Waals surface area contributed by atoms with Crippen molar-refractivity contribution in [2.75, 3.05) is 26.2 Å². The number of carbonyl (C=O) groups excluding carboxylic acids is 1. The van der Waals surface area contributed by atoms with Crippen molar-refractivity contribution in [3.05, 3.63) is 33.7 Å². The molecular formula is C24H35N3O2. The van der Waals surface area contributed by atoms with Gasteiger partial charge in [0.15, 0.2) is 0 Å². The second-order valence-corrected chi connectivity index (χ2v) is 9.95. The van der Waals surface area contributed by atoms with Crippen LogP contribution in [0.2, 0.25) is 0 Å². The monoisotopic (exact) mass is 397 g/mol. The molecule has 158 valence electrons. The smallest absolute Gasteiger partial charge is 0.250 e. The first-order valence-electron chi connectivity index (χ1n) is 11.8. The molecule has 0 radical (unpaired) electrons. The van der Waals surface area contributed by atoms with Crippen LogP contribution in [0.3, 0.4) is 0 Å². The van der Waals surface area contributed by atoms with Gasteiger partial charge in [-0.05, 0) is 49.5 Å². The van der Waals surface area contributed by atoms with Gasteiger partial charge < -0.3 is 9.47 Å². The highest BCUT2D eigenvalue weighted by molar-refractivity contribution is 5.73. The molecule has 1 aliphatic carbocycles. The Labute approximate surface area is 174 Å². The van der Waals surface area contributed by atoms with Crippen molar-refractivity contribution in [3.63, 3.8) is 0 Å². The second-order valence-electron chi connectivity index (χ2n) is 9.95. The third-order valence-electron chi connectivity index (χ3n) is 8.12. The number of pyridine rings is 1. The molecule has 0 spiro atoms. The SMILES string of the molecule is CC(=O)N1CCC(N2CC3CC(C2)c2c(C4CCCCC4)ccc(=O)n2C3)CC1. The number of carbonyl (C=O) groups is 1. The van der Waals surface area contributed by atoms with Gasteiger partial charge in [-0.25, -0.2) is 0 Å². The lowest BCUT2D eigenvalue weighted by molar-refractivity contribution is -0.130. The topological polar surface area (TPSA) is 45.6 Å². The van der Waals surface area contributed by atoms with Crippen LogP contribution in [-0.4, -0.2) is 52.5 Å². The van der Waals surface area contributed by atoms with Gasteiger partial charge in [0.25, 0.3) is 5.56 Å². The zero-order valence-electron chi connectivity index (χ0n) is 17.8. The normalized spacial score (nSPS) is 28.9. The summed E-state index contributed by atoms with van der Waals surface area (Å²) in [5.41, 5.74) is 3.07. The van der Waals surface area contributed by atoms with Crippen molar-refractivity contribution in [2.24, 2.45) is 5.92 Å². The Morgan fingerprint density at radius 1 is 0.931 bits per heavy atom. The lowest BCUT2D eigenvalue weighted by atomic mass is 9.76. The Bertz CT molecular complexity index is 818. The van der Waals surface area contributed by atoms with E-state index in [2.05, 4.69) is 15.5 Å². The largest absolute Gasteiger partial charge is 0.343 e. The number of likely N-dealkylation sites (tertiary alicyclic amines) is 2. The van der Waals surface area contributed by atoms with Crippen molar-refractivity contribution in [1.82, 2.24) is 14.4 Å². The van der Waals surface area contributed by atoms with E-state index in [0.717, 1.165) is 45.6 Å². The molecule has 0 aromatic carbocycles. The summed E-state index contributed by atoms with van der Waals surface area (Å²) in [6, 6.07) is 4.61. The van der Waals surface area contributed by atoms with Crippen LogP contribution in [0.25, 0.3) is 0 Å². The zero-order chi connectivity index (χ0) is 20.0. The van der Waals surface area contributed by atoms with E-state index < -0.39 is 0 Å². The van der Waals surface area contributed by atoms with E-state index in [4.69, 9.17) is 0 Å². The molecule has 2 atom stereocenters. The van der Waals surface area contributed by atoms with Crippen LogP contribution < -0.4 is 5.56 Å². The van der Waals surface area contributed by atoms with Crippen molar-refractivity contribution >= 4 is 5.91 Å². The van der Waals surface area contributed by atoms with E-state index in [1.807, 2.05) is 11.0 Å². The molecule has 2 bridgehead atoms. The quantitative estimate of drug-likeness (QED) is 0.769. The molecule has 5 nitrogen and oxygen atoms in total. The predicted octanol–water partition coefficient (Wildman–Crippen LogP) is 3.33. The van der Waals surface area contributed by atoms with Gasteiger partial charge in [0.1, 0.15) is 0 Å². The summed E-state index contributed by atoms with van der Waals surface area (Å²) >= 11 is 0. The zero-order valence-corrected chi connectivity index (χ0v) is 17.8. The molecule has 3 fully saturated rings. The average molecular weight is 398 g/mol. The average Bonchev–Trinajstić information content (AvgIpc) is 2.75. The molecule has 5 heteroatoms. The van der Waals surface area contributed by atoms with E-state index >= 15 is 0 Å². The minimum Gasteiger partial charge on any atom is -0.343 e. The minimum atomic E-state index is 0.206. The van der Waals surface area contributed by atoms with E-state index in [-0.39, 0.29) is 11.5 Å². The molecule has 1 amide bonds. The van der Waals surface area contributed by atoms with Gasteiger partial charge in [0.05, 0.1) is 0 Å². The number of amides is 1. The molecule has 2 saturated heterocycles. The van der Waals surface area contributed by atoms with E-state index in [1.54, 1.807) is 6.92 Å². The van der Waals surface area contributed by atoms with Crippen LogP contribution in [0.1, 0.15) is 81.4 Å². The Kier molecular flexibility index (Phi) is 5.27. The number of hydrogen-bond acceptors (Lipinski definition) is 3.